The molecule has 3 aliphatic heterocycles. The number of nitrogens with zero attached hydrogens (tertiary/aromatic N) is 2. The normalized spacial score (nSPS) is 20.1. The Kier molecular flexibility index (Phi) is 7.45. The lowest BCUT2D eigenvalue weighted by Crippen LogP contribution is -2.42. The van der Waals surface area contributed by atoms with Gasteiger partial charge in [0.25, 0.3) is 5.91 Å². The predicted molar refractivity (Wildman–Crippen MR) is 137 cm³/mol. The minimum atomic E-state index is -0.825. The molecule has 4 N–H and O–H groups in total. The highest BCUT2D eigenvalue weighted by Crippen LogP contribution is 2.38. The summed E-state index contributed by atoms with van der Waals surface area (Å²) in [6.45, 7) is 2.22. The maximum atomic E-state index is 13.2. The van der Waals surface area contributed by atoms with Gasteiger partial charge >= 0.3 is 5.97 Å². The molecular weight excluding hydrogens is 476 g/mol. The van der Waals surface area contributed by atoms with Gasteiger partial charge in [0.1, 0.15) is 0 Å². The first kappa shape index (κ1) is 24.9. The van der Waals surface area contributed by atoms with E-state index in [9.17, 15) is 19.8 Å². The molecular formula is C27H32N4O6. The van der Waals surface area contributed by atoms with Gasteiger partial charge < -0.3 is 35.2 Å². The number of carboxylic acid groups (broad SMARTS) is 1. The number of piperidine rings is 1. The number of likely N-dealkylation sites (tertiary alicyclic amines) is 1. The van der Waals surface area contributed by atoms with Crippen molar-refractivity contribution in [2.24, 2.45) is 10.9 Å². The summed E-state index contributed by atoms with van der Waals surface area (Å²) in [5.74, 6) is 1.29. The quantitative estimate of drug-likeness (QED) is 0.449. The van der Waals surface area contributed by atoms with Crippen molar-refractivity contribution in [1.82, 2.24) is 10.2 Å². The third-order valence-corrected chi connectivity index (χ3v) is 7.15. The Labute approximate surface area is 215 Å². The standard InChI is InChI=1S/C27H32N4O6/c32-22-14-28-27(29-15-22)30-21-3-1-2-19(11-21)26(35)31-8-6-17(7-9-31)10-20(13-25(33)34)18-4-5-23-24(12-18)37-16-36-23/h1-5,11-12,17,20,22,32H,6-10,13-16H2,(H,33,34)(H2,28,29,30). The van der Waals surface area contributed by atoms with E-state index < -0.39 is 12.1 Å². The van der Waals surface area contributed by atoms with Gasteiger partial charge in [-0.05, 0) is 67.0 Å². The topological polar surface area (TPSA) is 133 Å². The number of aliphatic hydroxyl groups is 1. The molecule has 0 aliphatic carbocycles. The van der Waals surface area contributed by atoms with Gasteiger partial charge in [0.2, 0.25) is 6.79 Å². The summed E-state index contributed by atoms with van der Waals surface area (Å²) in [5.41, 5.74) is 2.30. The molecule has 1 saturated heterocycles. The average molecular weight is 509 g/mol. The van der Waals surface area contributed by atoms with Crippen LogP contribution in [0.3, 0.4) is 0 Å². The van der Waals surface area contributed by atoms with Crippen LogP contribution in [-0.2, 0) is 4.79 Å². The van der Waals surface area contributed by atoms with Crippen molar-refractivity contribution in [3.05, 3.63) is 53.6 Å². The minimum absolute atomic E-state index is 0.0195. The van der Waals surface area contributed by atoms with Gasteiger partial charge in [-0.2, -0.15) is 0 Å². The van der Waals surface area contributed by atoms with Crippen LogP contribution in [0.5, 0.6) is 11.5 Å². The number of carbonyl (C=O) groups is 2. The van der Waals surface area contributed by atoms with Gasteiger partial charge in [0, 0.05) is 30.9 Å². The number of hydrogen-bond acceptors (Lipinski definition) is 8. The van der Waals surface area contributed by atoms with Crippen LogP contribution in [0, 0.1) is 5.92 Å². The molecule has 0 spiro atoms. The maximum Gasteiger partial charge on any atom is 0.303 e. The van der Waals surface area contributed by atoms with Gasteiger partial charge in [-0.15, -0.1) is 0 Å². The molecule has 2 unspecified atom stereocenters. The van der Waals surface area contributed by atoms with Crippen molar-refractivity contribution in [2.75, 3.05) is 38.3 Å². The number of fused-ring (bicyclic) bond motifs is 1. The number of guanidine groups is 1. The van der Waals surface area contributed by atoms with E-state index in [1.165, 1.54) is 0 Å². The van der Waals surface area contributed by atoms with E-state index in [2.05, 4.69) is 15.6 Å². The Bertz CT molecular complexity index is 1180. The summed E-state index contributed by atoms with van der Waals surface area (Å²) in [4.78, 5) is 30.9. The number of benzene rings is 2. The first-order valence-electron chi connectivity index (χ1n) is 12.7. The van der Waals surface area contributed by atoms with Crippen molar-refractivity contribution in [3.8, 4) is 11.5 Å². The third kappa shape index (κ3) is 6.14. The van der Waals surface area contributed by atoms with Crippen molar-refractivity contribution in [1.29, 1.82) is 0 Å². The fraction of sp³-hybridized carbons (Fsp3) is 0.444. The molecule has 37 heavy (non-hydrogen) atoms. The first-order valence-corrected chi connectivity index (χ1v) is 12.7. The second-order valence-corrected chi connectivity index (χ2v) is 9.81. The summed E-state index contributed by atoms with van der Waals surface area (Å²) in [6.07, 6.45) is 1.97. The maximum absolute atomic E-state index is 13.2. The van der Waals surface area contributed by atoms with Crippen LogP contribution in [0.15, 0.2) is 47.5 Å². The Morgan fingerprint density at radius 1 is 1.14 bits per heavy atom. The van der Waals surface area contributed by atoms with E-state index in [0.29, 0.717) is 55.1 Å². The van der Waals surface area contributed by atoms with Gasteiger partial charge in [-0.3, -0.25) is 14.6 Å². The van der Waals surface area contributed by atoms with Crippen LogP contribution in [0.25, 0.3) is 0 Å². The number of rotatable bonds is 7. The number of aliphatic hydroxyl groups excluding tert-OH is 1. The van der Waals surface area contributed by atoms with Crippen molar-refractivity contribution >= 4 is 23.5 Å². The Morgan fingerprint density at radius 2 is 1.95 bits per heavy atom. The summed E-state index contributed by atoms with van der Waals surface area (Å²) in [7, 11) is 0. The van der Waals surface area contributed by atoms with E-state index in [0.717, 1.165) is 30.5 Å². The van der Waals surface area contributed by atoms with Gasteiger partial charge in [-0.25, -0.2) is 0 Å². The molecule has 2 aromatic rings. The SMILES string of the molecule is O=C(O)CC(CC1CCN(C(=O)c2cccc(NC3=NCC(O)CN3)c2)CC1)c1ccc2c(c1)OCO2. The Balaban J connectivity index is 1.18. The second kappa shape index (κ2) is 11.1. The molecule has 2 aromatic carbocycles. The van der Waals surface area contributed by atoms with E-state index in [-0.39, 0.29) is 25.0 Å². The lowest BCUT2D eigenvalue weighted by molar-refractivity contribution is -0.137. The van der Waals surface area contributed by atoms with Crippen LogP contribution in [0.1, 0.15) is 47.5 Å². The molecule has 1 amide bonds. The smallest absolute Gasteiger partial charge is 0.303 e. The fourth-order valence-electron chi connectivity index (χ4n) is 5.15. The van der Waals surface area contributed by atoms with E-state index in [1.807, 2.05) is 47.4 Å². The molecule has 3 heterocycles. The van der Waals surface area contributed by atoms with E-state index >= 15 is 0 Å². The van der Waals surface area contributed by atoms with Crippen LogP contribution < -0.4 is 20.1 Å². The zero-order chi connectivity index (χ0) is 25.8. The molecule has 0 saturated carbocycles. The molecule has 10 nitrogen and oxygen atoms in total. The Hall–Kier alpha value is -3.79. The molecule has 2 atom stereocenters. The number of aliphatic imine (C=N–C) groups is 1. The number of anilines is 1. The minimum Gasteiger partial charge on any atom is -0.481 e. The number of hydrogen-bond donors (Lipinski definition) is 4. The van der Waals surface area contributed by atoms with Crippen LogP contribution in [0.4, 0.5) is 5.69 Å². The zero-order valence-electron chi connectivity index (χ0n) is 20.6. The Morgan fingerprint density at radius 3 is 2.70 bits per heavy atom. The van der Waals surface area contributed by atoms with Crippen LogP contribution >= 0.6 is 0 Å². The number of amides is 1. The summed E-state index contributed by atoms with van der Waals surface area (Å²) < 4.78 is 10.9. The molecule has 0 aromatic heterocycles. The molecule has 10 heteroatoms. The number of aliphatic carboxylic acids is 1. The highest BCUT2D eigenvalue weighted by Gasteiger charge is 2.28. The predicted octanol–water partition coefficient (Wildman–Crippen LogP) is 2.65. The third-order valence-electron chi connectivity index (χ3n) is 7.15. The summed E-state index contributed by atoms with van der Waals surface area (Å²) >= 11 is 0. The number of β-amino-alcohol motifs (C(OH)–C–C–N with tert-alkyl or cyclic N) is 1. The van der Waals surface area contributed by atoms with Crippen LogP contribution in [-0.4, -0.2) is 72.0 Å². The lowest BCUT2D eigenvalue weighted by atomic mass is 9.82. The van der Waals surface area contributed by atoms with E-state index in [1.54, 1.807) is 0 Å². The van der Waals surface area contributed by atoms with Crippen LogP contribution in [0.2, 0.25) is 0 Å². The molecule has 0 radical (unpaired) electrons. The van der Waals surface area contributed by atoms with Gasteiger partial charge in [0.05, 0.1) is 19.1 Å². The first-order chi connectivity index (χ1) is 17.9. The average Bonchev–Trinajstić information content (AvgIpc) is 3.38. The highest BCUT2D eigenvalue weighted by molar-refractivity contribution is 5.98. The number of carboxylic acids is 1. The molecule has 5 rings (SSSR count). The molecule has 3 aliphatic rings. The lowest BCUT2D eigenvalue weighted by Gasteiger charge is -2.34. The number of nitrogens with one attached hydrogen (secondary N) is 2. The van der Waals surface area contributed by atoms with Crippen molar-refractivity contribution in [2.45, 2.75) is 37.7 Å². The summed E-state index contributed by atoms with van der Waals surface area (Å²) in [6, 6.07) is 13.0. The summed E-state index contributed by atoms with van der Waals surface area (Å²) in [5, 5.41) is 25.3. The van der Waals surface area contributed by atoms with Crippen molar-refractivity contribution < 1.29 is 29.3 Å². The highest BCUT2D eigenvalue weighted by atomic mass is 16.7. The zero-order valence-corrected chi connectivity index (χ0v) is 20.6. The second-order valence-electron chi connectivity index (χ2n) is 9.81. The molecule has 1 fully saturated rings. The number of carbonyl (C=O) groups excluding carboxylic acids is 1. The molecule has 0 bridgehead atoms. The fourth-order valence-corrected chi connectivity index (χ4v) is 5.15. The van der Waals surface area contributed by atoms with Crippen molar-refractivity contribution in [3.63, 3.8) is 0 Å². The number of ether oxygens (including phenoxy) is 2. The van der Waals surface area contributed by atoms with Gasteiger partial charge in [-0.1, -0.05) is 12.1 Å². The van der Waals surface area contributed by atoms with Gasteiger partial charge in [0.15, 0.2) is 17.5 Å². The largest absolute Gasteiger partial charge is 0.481 e. The monoisotopic (exact) mass is 508 g/mol. The van der Waals surface area contributed by atoms with E-state index in [4.69, 9.17) is 9.47 Å². The molecule has 196 valence electrons.